The Labute approximate surface area is 135 Å². The Hall–Kier alpha value is -2.90. The number of nitrogen functional groups attached to an aromatic ring is 3. The molecule has 0 aliphatic carbocycles. The topological polar surface area (TPSA) is 144 Å². The first-order valence-electron chi connectivity index (χ1n) is 7.32. The van der Waals surface area contributed by atoms with E-state index in [1.807, 2.05) is 37.8 Å². The molecule has 0 radical (unpaired) electrons. The number of hydrogen-bond acceptors (Lipinski definition) is 8. The number of aryl methyl sites for hydroxylation is 1. The minimum atomic E-state index is -0.111. The summed E-state index contributed by atoms with van der Waals surface area (Å²) in [5.41, 5.74) is 19.8. The van der Waals surface area contributed by atoms with E-state index in [1.165, 1.54) is 0 Å². The van der Waals surface area contributed by atoms with E-state index in [4.69, 9.17) is 22.6 Å². The van der Waals surface area contributed by atoms with E-state index in [0.717, 1.165) is 17.5 Å². The monoisotopic (exact) mass is 314 g/mol. The maximum absolute atomic E-state index is 7.59. The van der Waals surface area contributed by atoms with Crippen LogP contribution in [-0.4, -0.2) is 27.7 Å². The number of aromatic nitrogens is 3. The Bertz CT molecular complexity index is 728. The highest BCUT2D eigenvalue weighted by Gasteiger charge is 2.23. The maximum Gasteiger partial charge on any atom is 0.223 e. The molecule has 0 saturated carbocycles. The van der Waals surface area contributed by atoms with E-state index in [1.54, 1.807) is 0 Å². The van der Waals surface area contributed by atoms with E-state index in [9.17, 15) is 0 Å². The summed E-state index contributed by atoms with van der Waals surface area (Å²) in [6.45, 7) is 6.50. The van der Waals surface area contributed by atoms with Crippen molar-refractivity contribution < 1.29 is 0 Å². The quantitative estimate of drug-likeness (QED) is 0.612. The van der Waals surface area contributed by atoms with E-state index in [0.29, 0.717) is 23.7 Å². The number of nitrogens with zero attached hydrogens (tertiary/aromatic N) is 4. The molecule has 0 spiro atoms. The van der Waals surface area contributed by atoms with Crippen molar-refractivity contribution in [2.45, 2.75) is 26.8 Å². The summed E-state index contributed by atoms with van der Waals surface area (Å²) >= 11 is 0. The smallest absolute Gasteiger partial charge is 0.223 e. The molecular formula is C15H22N8. The van der Waals surface area contributed by atoms with Gasteiger partial charge in [0.15, 0.2) is 0 Å². The summed E-state index contributed by atoms with van der Waals surface area (Å²) in [4.78, 5) is 14.5. The van der Waals surface area contributed by atoms with Gasteiger partial charge in [0.1, 0.15) is 17.5 Å². The number of anilines is 4. The van der Waals surface area contributed by atoms with Crippen LogP contribution in [0.4, 0.5) is 23.4 Å². The zero-order valence-corrected chi connectivity index (χ0v) is 13.5. The zero-order chi connectivity index (χ0) is 17.1. The second-order valence-electron chi connectivity index (χ2n) is 5.24. The highest BCUT2D eigenvalue weighted by Crippen LogP contribution is 2.31. The van der Waals surface area contributed by atoms with Crippen molar-refractivity contribution in [2.75, 3.05) is 28.6 Å². The van der Waals surface area contributed by atoms with Gasteiger partial charge in [0.2, 0.25) is 5.95 Å². The van der Waals surface area contributed by atoms with Gasteiger partial charge in [0.05, 0.1) is 11.6 Å². The van der Waals surface area contributed by atoms with Crippen molar-refractivity contribution in [2.24, 2.45) is 0 Å². The van der Waals surface area contributed by atoms with Crippen LogP contribution in [0.25, 0.3) is 0 Å². The second-order valence-corrected chi connectivity index (χ2v) is 5.24. The lowest BCUT2D eigenvalue weighted by atomic mass is 10.1. The Morgan fingerprint density at radius 3 is 2.43 bits per heavy atom. The van der Waals surface area contributed by atoms with Crippen LogP contribution >= 0.6 is 0 Å². The molecule has 0 aromatic carbocycles. The summed E-state index contributed by atoms with van der Waals surface area (Å²) in [7, 11) is 0. The van der Waals surface area contributed by atoms with Gasteiger partial charge in [-0.3, -0.25) is 0 Å². The standard InChI is InChI=1S/C15H22N8/c1-4-23(9(3)10-6-5-8(2)20-12(10)17)14-11(7-16)13(18)21-15(19)22-14/h5-7,9,16H,4H2,1-3H3,(H2,17,20)(H4,18,19,21,22). The van der Waals surface area contributed by atoms with Gasteiger partial charge in [-0.1, -0.05) is 6.07 Å². The van der Waals surface area contributed by atoms with E-state index in [2.05, 4.69) is 15.0 Å². The SMILES string of the molecule is CCN(c1nc(N)nc(N)c1C=N)C(C)c1ccc(C)nc1N. The number of rotatable bonds is 5. The first-order valence-corrected chi connectivity index (χ1v) is 7.32. The van der Waals surface area contributed by atoms with Crippen LogP contribution in [-0.2, 0) is 0 Å². The Morgan fingerprint density at radius 2 is 1.87 bits per heavy atom. The van der Waals surface area contributed by atoms with Gasteiger partial charge < -0.3 is 27.5 Å². The van der Waals surface area contributed by atoms with Gasteiger partial charge in [0.25, 0.3) is 0 Å². The summed E-state index contributed by atoms with van der Waals surface area (Å²) in [5.74, 6) is 1.24. The van der Waals surface area contributed by atoms with Crippen LogP contribution in [0.15, 0.2) is 12.1 Å². The lowest BCUT2D eigenvalue weighted by molar-refractivity contribution is 0.678. The Balaban J connectivity index is 2.53. The fourth-order valence-electron chi connectivity index (χ4n) is 2.57. The van der Waals surface area contributed by atoms with Gasteiger partial charge in [-0.05, 0) is 26.8 Å². The largest absolute Gasteiger partial charge is 0.383 e. The zero-order valence-electron chi connectivity index (χ0n) is 13.5. The normalized spacial score (nSPS) is 12.0. The highest BCUT2D eigenvalue weighted by molar-refractivity contribution is 5.91. The molecule has 2 aromatic rings. The lowest BCUT2D eigenvalue weighted by Crippen LogP contribution is -2.30. The molecule has 0 amide bonds. The average Bonchev–Trinajstić information content (AvgIpc) is 2.47. The van der Waals surface area contributed by atoms with Crippen LogP contribution in [0.5, 0.6) is 0 Å². The van der Waals surface area contributed by atoms with Gasteiger partial charge in [-0.2, -0.15) is 9.97 Å². The van der Waals surface area contributed by atoms with E-state index >= 15 is 0 Å². The third-order valence-corrected chi connectivity index (χ3v) is 3.74. The van der Waals surface area contributed by atoms with Crippen molar-refractivity contribution in [3.8, 4) is 0 Å². The molecule has 2 aromatic heterocycles. The predicted molar refractivity (Wildman–Crippen MR) is 93.6 cm³/mol. The molecule has 7 N–H and O–H groups in total. The highest BCUT2D eigenvalue weighted by atomic mass is 15.2. The van der Waals surface area contributed by atoms with Crippen molar-refractivity contribution >= 4 is 29.6 Å². The molecule has 1 atom stereocenters. The third-order valence-electron chi connectivity index (χ3n) is 3.74. The fourth-order valence-corrected chi connectivity index (χ4v) is 2.57. The molecule has 8 nitrogen and oxygen atoms in total. The number of nitrogens with two attached hydrogens (primary N) is 3. The fraction of sp³-hybridized carbons (Fsp3) is 0.333. The van der Waals surface area contributed by atoms with Crippen LogP contribution in [0.1, 0.15) is 36.7 Å². The number of pyridine rings is 1. The maximum atomic E-state index is 7.59. The van der Waals surface area contributed by atoms with E-state index in [-0.39, 0.29) is 17.8 Å². The lowest BCUT2D eigenvalue weighted by Gasteiger charge is -2.31. The minimum Gasteiger partial charge on any atom is -0.383 e. The molecule has 0 bridgehead atoms. The molecule has 0 fully saturated rings. The van der Waals surface area contributed by atoms with Crippen LogP contribution in [0.3, 0.4) is 0 Å². The van der Waals surface area contributed by atoms with Gasteiger partial charge in [-0.15, -0.1) is 0 Å². The Kier molecular flexibility index (Phi) is 4.63. The molecule has 0 aliphatic heterocycles. The molecule has 23 heavy (non-hydrogen) atoms. The van der Waals surface area contributed by atoms with Gasteiger partial charge in [0, 0.05) is 24.0 Å². The van der Waals surface area contributed by atoms with E-state index < -0.39 is 0 Å². The second kappa shape index (κ2) is 6.47. The molecule has 2 heterocycles. The molecule has 122 valence electrons. The molecule has 0 aliphatic rings. The van der Waals surface area contributed by atoms with Crippen molar-refractivity contribution in [1.29, 1.82) is 5.41 Å². The molecule has 0 saturated heterocycles. The first kappa shape index (κ1) is 16.5. The van der Waals surface area contributed by atoms with Crippen LogP contribution in [0, 0.1) is 12.3 Å². The summed E-state index contributed by atoms with van der Waals surface area (Å²) in [6, 6.07) is 3.75. The van der Waals surface area contributed by atoms with Crippen LogP contribution < -0.4 is 22.1 Å². The summed E-state index contributed by atoms with van der Waals surface area (Å²) in [6.07, 6.45) is 1.14. The molecule has 8 heteroatoms. The summed E-state index contributed by atoms with van der Waals surface area (Å²) < 4.78 is 0. The Morgan fingerprint density at radius 1 is 1.17 bits per heavy atom. The summed E-state index contributed by atoms with van der Waals surface area (Å²) in [5, 5.41) is 7.59. The first-order chi connectivity index (χ1) is 10.9. The van der Waals surface area contributed by atoms with Crippen molar-refractivity contribution in [3.05, 3.63) is 29.0 Å². The molecule has 1 unspecified atom stereocenters. The minimum absolute atomic E-state index is 0.0729. The number of hydrogen-bond donors (Lipinski definition) is 4. The predicted octanol–water partition coefficient (Wildman–Crippen LogP) is 1.51. The molecular weight excluding hydrogens is 292 g/mol. The van der Waals surface area contributed by atoms with Crippen molar-refractivity contribution in [3.63, 3.8) is 0 Å². The van der Waals surface area contributed by atoms with Crippen LogP contribution in [0.2, 0.25) is 0 Å². The number of nitrogens with one attached hydrogen (secondary N) is 1. The molecule has 2 rings (SSSR count). The van der Waals surface area contributed by atoms with Gasteiger partial charge >= 0.3 is 0 Å². The average molecular weight is 314 g/mol. The van der Waals surface area contributed by atoms with Gasteiger partial charge in [-0.25, -0.2) is 4.98 Å². The van der Waals surface area contributed by atoms with Crippen molar-refractivity contribution in [1.82, 2.24) is 15.0 Å². The third kappa shape index (κ3) is 3.15.